The van der Waals surface area contributed by atoms with E-state index in [1.54, 1.807) is 12.1 Å². The van der Waals surface area contributed by atoms with Gasteiger partial charge in [-0.1, -0.05) is 11.6 Å². The van der Waals surface area contributed by atoms with E-state index in [1.165, 1.54) is 0 Å². The summed E-state index contributed by atoms with van der Waals surface area (Å²) in [6.07, 6.45) is 2.98. The molecule has 0 spiro atoms. The number of nitriles is 2. The molecule has 1 amide bonds. The maximum Gasteiger partial charge on any atom is 0.224 e. The van der Waals surface area contributed by atoms with E-state index in [9.17, 15) is 15.3 Å². The summed E-state index contributed by atoms with van der Waals surface area (Å²) in [4.78, 5) is 14.8. The topological polar surface area (TPSA) is 134 Å². The first-order chi connectivity index (χ1) is 20.3. The number of carbonyl (C=O) groups is 1. The Morgan fingerprint density at radius 3 is 2.67 bits per heavy atom. The van der Waals surface area contributed by atoms with Crippen LogP contribution in [0.25, 0.3) is 0 Å². The summed E-state index contributed by atoms with van der Waals surface area (Å²) in [6.45, 7) is 4.84. The number of carbonyl (C=O) groups excluding carboxylic acids is 1. The summed E-state index contributed by atoms with van der Waals surface area (Å²) >= 11 is 6.61. The summed E-state index contributed by atoms with van der Waals surface area (Å²) in [6, 6.07) is 13.6. The molecule has 0 aromatic heterocycles. The predicted molar refractivity (Wildman–Crippen MR) is 165 cm³/mol. The van der Waals surface area contributed by atoms with E-state index >= 15 is 0 Å². The molecule has 2 aromatic carbocycles. The minimum absolute atomic E-state index is 0.0375. The minimum Gasteiger partial charge on any atom is -0.492 e. The van der Waals surface area contributed by atoms with Gasteiger partial charge in [-0.15, -0.1) is 0 Å². The summed E-state index contributed by atoms with van der Waals surface area (Å²) in [5, 5.41) is 33.1. The number of anilines is 3. The SMILES string of the molecule is CCOc1cc2c(cc1NC(=O)CCCN(C)C)C(Nc1ccc(OCC3NCCCC3C#N)c(Cl)c1)C(C#N)CN2. The standard InChI is InChI=1S/C31H40ClN7O3/c1-4-41-29-15-25-23(14-26(29)38-30(40)8-6-12-39(2)3)31(21(17-34)18-36-25)37-22-9-10-28(24(32)13-22)42-19-27-20(16-33)7-5-11-35-27/h9-10,13-15,20-21,27,31,35-37H,4-8,11-12,18-19H2,1-3H3,(H,38,40). The number of nitrogens with zero attached hydrogens (tertiary/aromatic N) is 3. The second kappa shape index (κ2) is 15.0. The average Bonchev–Trinajstić information content (AvgIpc) is 2.97. The van der Waals surface area contributed by atoms with Gasteiger partial charge in [0.15, 0.2) is 0 Å². The minimum atomic E-state index is -0.380. The third kappa shape index (κ3) is 7.98. The number of hydrogen-bond donors (Lipinski definition) is 4. The summed E-state index contributed by atoms with van der Waals surface area (Å²) in [7, 11) is 3.96. The Hall–Kier alpha value is -3.70. The monoisotopic (exact) mass is 593 g/mol. The van der Waals surface area contributed by atoms with Gasteiger partial charge in [0.25, 0.3) is 0 Å². The molecular weight excluding hydrogens is 554 g/mol. The summed E-state index contributed by atoms with van der Waals surface area (Å²) in [5.74, 6) is 0.560. The van der Waals surface area contributed by atoms with Gasteiger partial charge in [-0.05, 0) is 77.6 Å². The fourth-order valence-electron chi connectivity index (χ4n) is 5.35. The quantitative estimate of drug-likeness (QED) is 0.268. The molecule has 4 N–H and O–H groups in total. The van der Waals surface area contributed by atoms with Crippen molar-refractivity contribution in [3.8, 4) is 23.6 Å². The average molecular weight is 594 g/mol. The molecule has 2 heterocycles. The van der Waals surface area contributed by atoms with Gasteiger partial charge in [-0.3, -0.25) is 4.79 Å². The van der Waals surface area contributed by atoms with Crippen molar-refractivity contribution in [2.24, 2.45) is 11.8 Å². The summed E-state index contributed by atoms with van der Waals surface area (Å²) < 4.78 is 11.9. The Morgan fingerprint density at radius 1 is 1.14 bits per heavy atom. The van der Waals surface area contributed by atoms with Crippen LogP contribution >= 0.6 is 11.6 Å². The maximum absolute atomic E-state index is 12.8. The number of halogens is 1. The lowest BCUT2D eigenvalue weighted by atomic mass is 9.88. The zero-order valence-corrected chi connectivity index (χ0v) is 25.3. The molecule has 0 aliphatic carbocycles. The van der Waals surface area contributed by atoms with Crippen LogP contribution in [0.2, 0.25) is 5.02 Å². The van der Waals surface area contributed by atoms with E-state index in [1.807, 2.05) is 44.1 Å². The van der Waals surface area contributed by atoms with Gasteiger partial charge >= 0.3 is 0 Å². The number of rotatable bonds is 12. The molecule has 4 unspecified atom stereocenters. The second-order valence-corrected chi connectivity index (χ2v) is 11.4. The first-order valence-corrected chi connectivity index (χ1v) is 14.9. The van der Waals surface area contributed by atoms with Gasteiger partial charge < -0.3 is 35.6 Å². The lowest BCUT2D eigenvalue weighted by molar-refractivity contribution is -0.116. The van der Waals surface area contributed by atoms with Crippen molar-refractivity contribution < 1.29 is 14.3 Å². The predicted octanol–water partition coefficient (Wildman–Crippen LogP) is 5.01. The number of fused-ring (bicyclic) bond motifs is 1. The molecule has 0 bridgehead atoms. The van der Waals surface area contributed by atoms with Crippen molar-refractivity contribution in [2.75, 3.05) is 62.9 Å². The van der Waals surface area contributed by atoms with Crippen LogP contribution < -0.4 is 30.7 Å². The molecule has 0 radical (unpaired) electrons. The Bertz CT molecular complexity index is 1320. The molecule has 11 heteroatoms. The zero-order valence-electron chi connectivity index (χ0n) is 24.5. The van der Waals surface area contributed by atoms with Gasteiger partial charge in [0, 0.05) is 36.0 Å². The van der Waals surface area contributed by atoms with Crippen LogP contribution in [0.1, 0.15) is 44.2 Å². The van der Waals surface area contributed by atoms with Gasteiger partial charge in [0.1, 0.15) is 18.1 Å². The summed E-state index contributed by atoms with van der Waals surface area (Å²) in [5.41, 5.74) is 3.00. The molecule has 4 atom stereocenters. The number of benzene rings is 2. The molecule has 2 aliphatic rings. The van der Waals surface area contributed by atoms with E-state index < -0.39 is 0 Å². The van der Waals surface area contributed by atoms with E-state index in [-0.39, 0.29) is 29.8 Å². The molecule has 2 aromatic rings. The normalized spacial score (nSPS) is 21.3. The van der Waals surface area contributed by atoms with Gasteiger partial charge in [-0.2, -0.15) is 10.5 Å². The van der Waals surface area contributed by atoms with Gasteiger partial charge in [-0.25, -0.2) is 0 Å². The molecule has 224 valence electrons. The van der Waals surface area contributed by atoms with Gasteiger partial charge in [0.2, 0.25) is 5.91 Å². The van der Waals surface area contributed by atoms with E-state index in [0.717, 1.165) is 49.3 Å². The lowest BCUT2D eigenvalue weighted by Crippen LogP contribution is -2.44. The fraction of sp³-hybridized carbons (Fsp3) is 0.516. The maximum atomic E-state index is 12.8. The first-order valence-electron chi connectivity index (χ1n) is 14.5. The van der Waals surface area contributed by atoms with Crippen LogP contribution in [0.3, 0.4) is 0 Å². The van der Waals surface area contributed by atoms with E-state index in [4.69, 9.17) is 21.1 Å². The molecule has 42 heavy (non-hydrogen) atoms. The smallest absolute Gasteiger partial charge is 0.224 e. The Labute approximate surface area is 253 Å². The molecule has 2 aliphatic heterocycles. The van der Waals surface area contributed by atoms with Crippen molar-refractivity contribution in [1.29, 1.82) is 10.5 Å². The van der Waals surface area contributed by atoms with Crippen LogP contribution in [-0.2, 0) is 4.79 Å². The highest BCUT2D eigenvalue weighted by Crippen LogP contribution is 2.42. The van der Waals surface area contributed by atoms with Crippen LogP contribution in [0.5, 0.6) is 11.5 Å². The number of amides is 1. The largest absolute Gasteiger partial charge is 0.492 e. The van der Waals surface area contributed by atoms with E-state index in [0.29, 0.717) is 48.4 Å². The number of ether oxygens (including phenoxy) is 2. The van der Waals surface area contributed by atoms with Gasteiger partial charge in [0.05, 0.1) is 53.4 Å². The van der Waals surface area contributed by atoms with Crippen molar-refractivity contribution >= 4 is 34.6 Å². The second-order valence-electron chi connectivity index (χ2n) is 11.0. The zero-order chi connectivity index (χ0) is 30.1. The van der Waals surface area contributed by atoms with Crippen molar-refractivity contribution in [3.63, 3.8) is 0 Å². The Morgan fingerprint density at radius 2 is 1.95 bits per heavy atom. The van der Waals surface area contributed by atoms with Crippen molar-refractivity contribution in [2.45, 2.75) is 44.7 Å². The Balaban J connectivity index is 1.52. The highest BCUT2D eigenvalue weighted by atomic mass is 35.5. The highest BCUT2D eigenvalue weighted by molar-refractivity contribution is 6.32. The molecular formula is C31H40ClN7O3. The Kier molecular flexibility index (Phi) is 11.1. The molecule has 1 saturated heterocycles. The third-order valence-corrected chi connectivity index (χ3v) is 7.87. The van der Waals surface area contributed by atoms with Crippen LogP contribution in [-0.4, -0.2) is 63.8 Å². The molecule has 0 saturated carbocycles. The molecule has 1 fully saturated rings. The molecule has 4 rings (SSSR count). The lowest BCUT2D eigenvalue weighted by Gasteiger charge is -2.33. The van der Waals surface area contributed by atoms with Crippen molar-refractivity contribution in [1.82, 2.24) is 10.2 Å². The van der Waals surface area contributed by atoms with Crippen molar-refractivity contribution in [3.05, 3.63) is 40.9 Å². The van der Waals surface area contributed by atoms with Crippen LogP contribution in [0, 0.1) is 34.5 Å². The fourth-order valence-corrected chi connectivity index (χ4v) is 5.59. The highest BCUT2D eigenvalue weighted by Gasteiger charge is 2.32. The third-order valence-electron chi connectivity index (χ3n) is 7.57. The number of nitrogens with one attached hydrogen (secondary N) is 4. The molecule has 10 nitrogen and oxygen atoms in total. The number of piperidine rings is 1. The van der Waals surface area contributed by atoms with E-state index in [2.05, 4.69) is 33.4 Å². The number of hydrogen-bond acceptors (Lipinski definition) is 9. The first kappa shape index (κ1) is 31.2. The van der Waals surface area contributed by atoms with Crippen LogP contribution in [0.4, 0.5) is 17.1 Å². The van der Waals surface area contributed by atoms with Crippen LogP contribution in [0.15, 0.2) is 30.3 Å².